The third-order valence-electron chi connectivity index (χ3n) is 7.51. The van der Waals surface area contributed by atoms with E-state index in [1.54, 1.807) is 6.07 Å². The number of pyridine rings is 2. The molecule has 0 spiro atoms. The molecule has 0 saturated carbocycles. The number of sulfone groups is 1. The first-order valence-corrected chi connectivity index (χ1v) is 15.0. The van der Waals surface area contributed by atoms with Crippen LogP contribution >= 0.6 is 0 Å². The summed E-state index contributed by atoms with van der Waals surface area (Å²) in [5.41, 5.74) is 2.31. The van der Waals surface area contributed by atoms with Gasteiger partial charge in [-0.05, 0) is 48.4 Å². The van der Waals surface area contributed by atoms with E-state index in [1.165, 1.54) is 31.5 Å². The maximum atomic E-state index is 13.1. The van der Waals surface area contributed by atoms with E-state index < -0.39 is 40.7 Å². The number of amides is 1. The van der Waals surface area contributed by atoms with Crippen LogP contribution in [0.1, 0.15) is 73.0 Å². The van der Waals surface area contributed by atoms with E-state index in [1.807, 2.05) is 0 Å². The fourth-order valence-corrected chi connectivity index (χ4v) is 6.21. The average Bonchev–Trinajstić information content (AvgIpc) is 3.28. The molecule has 2 aliphatic rings. The molecule has 2 aliphatic heterocycles. The zero-order chi connectivity index (χ0) is 29.2. The highest BCUT2D eigenvalue weighted by Crippen LogP contribution is 2.39. The molecular formula is C27H35F3N4O5S. The number of hydrogen-bond acceptors (Lipinski definition) is 8. The number of aliphatic hydroxyl groups is 1. The van der Waals surface area contributed by atoms with Crippen LogP contribution in [-0.2, 0) is 21.1 Å². The number of aliphatic hydroxyl groups excluding tert-OH is 1. The van der Waals surface area contributed by atoms with Crippen LogP contribution in [0.25, 0.3) is 0 Å². The molecule has 4 atom stereocenters. The lowest BCUT2D eigenvalue weighted by Gasteiger charge is -2.35. The van der Waals surface area contributed by atoms with Crippen LogP contribution in [0.5, 0.6) is 0 Å². The fourth-order valence-electron chi connectivity index (χ4n) is 5.39. The van der Waals surface area contributed by atoms with Crippen LogP contribution < -0.4 is 5.32 Å². The predicted molar refractivity (Wildman–Crippen MR) is 140 cm³/mol. The number of ether oxygens (including phenoxy) is 1. The van der Waals surface area contributed by atoms with Crippen LogP contribution in [0.2, 0.25) is 0 Å². The van der Waals surface area contributed by atoms with Gasteiger partial charge in [0, 0.05) is 25.5 Å². The lowest BCUT2D eigenvalue weighted by Crippen LogP contribution is -2.41. The molecule has 220 valence electrons. The molecule has 40 heavy (non-hydrogen) atoms. The minimum Gasteiger partial charge on any atom is -0.394 e. The first kappa shape index (κ1) is 30.4. The summed E-state index contributed by atoms with van der Waals surface area (Å²) >= 11 is 0. The molecule has 9 nitrogen and oxygen atoms in total. The largest absolute Gasteiger partial charge is 0.414 e. The van der Waals surface area contributed by atoms with Gasteiger partial charge in [0.05, 0.1) is 52.9 Å². The quantitative estimate of drug-likeness (QED) is 0.459. The summed E-state index contributed by atoms with van der Waals surface area (Å²) in [7, 11) is -3.43. The molecule has 0 bridgehead atoms. The molecule has 4 heterocycles. The highest BCUT2D eigenvalue weighted by molar-refractivity contribution is 7.91. The lowest BCUT2D eigenvalue weighted by atomic mass is 9.95. The van der Waals surface area contributed by atoms with Gasteiger partial charge in [0.15, 0.2) is 15.9 Å². The molecule has 0 aliphatic carbocycles. The normalized spacial score (nSPS) is 22.8. The van der Waals surface area contributed by atoms with Crippen molar-refractivity contribution in [3.8, 4) is 0 Å². The monoisotopic (exact) mass is 584 g/mol. The number of aromatic nitrogens is 2. The van der Waals surface area contributed by atoms with Gasteiger partial charge >= 0.3 is 6.18 Å². The molecule has 1 saturated heterocycles. The Morgan fingerprint density at radius 1 is 1.23 bits per heavy atom. The molecule has 2 N–H and O–H groups in total. The van der Waals surface area contributed by atoms with E-state index >= 15 is 0 Å². The number of rotatable bonds is 9. The summed E-state index contributed by atoms with van der Waals surface area (Å²) in [6.07, 6.45) is -3.00. The van der Waals surface area contributed by atoms with E-state index in [-0.39, 0.29) is 41.6 Å². The number of nitrogens with zero attached hydrogens (tertiary/aromatic N) is 3. The van der Waals surface area contributed by atoms with Gasteiger partial charge in [-0.15, -0.1) is 0 Å². The van der Waals surface area contributed by atoms with Crippen molar-refractivity contribution in [3.63, 3.8) is 0 Å². The topological polar surface area (TPSA) is 122 Å². The first-order valence-electron chi connectivity index (χ1n) is 13.4. The summed E-state index contributed by atoms with van der Waals surface area (Å²) in [5.74, 6) is -0.389. The number of hydrogen-bond donors (Lipinski definition) is 2. The first-order chi connectivity index (χ1) is 18.8. The van der Waals surface area contributed by atoms with Gasteiger partial charge in [-0.2, -0.15) is 13.2 Å². The van der Waals surface area contributed by atoms with Gasteiger partial charge in [0.1, 0.15) is 0 Å². The van der Waals surface area contributed by atoms with Crippen LogP contribution in [-0.4, -0.2) is 72.1 Å². The van der Waals surface area contributed by atoms with Crippen LogP contribution in [0.4, 0.5) is 13.2 Å². The molecule has 1 fully saturated rings. The zero-order valence-electron chi connectivity index (χ0n) is 22.7. The lowest BCUT2D eigenvalue weighted by molar-refractivity contribution is -0.236. The molecule has 0 radical (unpaired) electrons. The minimum atomic E-state index is -4.35. The summed E-state index contributed by atoms with van der Waals surface area (Å²) in [6.45, 7) is 6.31. The van der Waals surface area contributed by atoms with Crippen LogP contribution in [0.15, 0.2) is 35.5 Å². The van der Waals surface area contributed by atoms with Crippen molar-refractivity contribution in [3.05, 3.63) is 53.1 Å². The molecule has 4 rings (SSSR count). The Kier molecular flexibility index (Phi) is 9.18. The van der Waals surface area contributed by atoms with Gasteiger partial charge in [-0.3, -0.25) is 19.7 Å². The standard InChI is InChI=1S/C27H35F3N4O5S/c1-4-40(37,38)20-6-7-21(31-11-20)22(14-35)33-26(36)18-9-19-13-34(25(16(2)3)24(19)32-10-18)12-17-5-8-23(39-15-17)27(28,29)30/h6-7,9-11,16-17,22-23,25,35H,4-5,8,12-15H2,1-3H3,(H,33,36)/t17-,22-,23-,25-/m0/s1. The number of fused-ring (bicyclic) bond motifs is 1. The maximum Gasteiger partial charge on any atom is 0.414 e. The van der Waals surface area contributed by atoms with Gasteiger partial charge in [-0.1, -0.05) is 20.8 Å². The third-order valence-corrected chi connectivity index (χ3v) is 9.23. The summed E-state index contributed by atoms with van der Waals surface area (Å²) < 4.78 is 68.1. The van der Waals surface area contributed by atoms with E-state index in [9.17, 15) is 31.5 Å². The molecule has 1 amide bonds. The van der Waals surface area contributed by atoms with E-state index in [0.29, 0.717) is 30.8 Å². The van der Waals surface area contributed by atoms with Crippen molar-refractivity contribution in [2.24, 2.45) is 11.8 Å². The summed E-state index contributed by atoms with van der Waals surface area (Å²) in [6, 6.07) is 3.71. The number of carbonyl (C=O) groups excluding carboxylic acids is 1. The second-order valence-electron chi connectivity index (χ2n) is 10.7. The van der Waals surface area contributed by atoms with Crippen molar-refractivity contribution >= 4 is 15.7 Å². The van der Waals surface area contributed by atoms with E-state index in [0.717, 1.165) is 11.3 Å². The zero-order valence-corrected chi connectivity index (χ0v) is 23.5. The van der Waals surface area contributed by atoms with Gasteiger partial charge < -0.3 is 15.2 Å². The van der Waals surface area contributed by atoms with Crippen LogP contribution in [0.3, 0.4) is 0 Å². The Balaban J connectivity index is 1.44. The Morgan fingerprint density at radius 3 is 2.52 bits per heavy atom. The van der Waals surface area contributed by atoms with Gasteiger partial charge in [-0.25, -0.2) is 8.42 Å². The Bertz CT molecular complexity index is 1300. The molecule has 0 aromatic carbocycles. The number of nitrogens with one attached hydrogen (secondary N) is 1. The van der Waals surface area contributed by atoms with Crippen molar-refractivity contribution < 1.29 is 36.2 Å². The molecule has 0 unspecified atom stereocenters. The number of halogens is 3. The SMILES string of the molecule is CCS(=O)(=O)c1ccc([C@H](CO)NC(=O)c2cnc3c(c2)CN(C[C@@H]2CC[C@@H](C(F)(F)F)OC2)[C@H]3C(C)C)nc1. The van der Waals surface area contributed by atoms with E-state index in [4.69, 9.17) is 4.74 Å². The van der Waals surface area contributed by atoms with Crippen molar-refractivity contribution in [2.75, 3.05) is 25.5 Å². The Morgan fingerprint density at radius 2 is 1.98 bits per heavy atom. The summed E-state index contributed by atoms with van der Waals surface area (Å²) in [4.78, 5) is 24.1. The molecule has 2 aromatic heterocycles. The van der Waals surface area contributed by atoms with Gasteiger partial charge in [0.25, 0.3) is 5.91 Å². The second-order valence-corrected chi connectivity index (χ2v) is 13.0. The van der Waals surface area contributed by atoms with Crippen molar-refractivity contribution in [2.45, 2.75) is 69.4 Å². The Hall–Kier alpha value is -2.61. The molecule has 2 aromatic rings. The maximum absolute atomic E-state index is 13.1. The van der Waals surface area contributed by atoms with Crippen LogP contribution in [0, 0.1) is 11.8 Å². The number of alkyl halides is 3. The molecule has 13 heteroatoms. The third kappa shape index (κ3) is 6.64. The molecular weight excluding hydrogens is 549 g/mol. The minimum absolute atomic E-state index is 0.0338. The van der Waals surface area contributed by atoms with Gasteiger partial charge in [0.2, 0.25) is 0 Å². The predicted octanol–water partition coefficient (Wildman–Crippen LogP) is 3.60. The van der Waals surface area contributed by atoms with Crippen molar-refractivity contribution in [1.82, 2.24) is 20.2 Å². The number of carbonyl (C=O) groups is 1. The summed E-state index contributed by atoms with van der Waals surface area (Å²) in [5, 5.41) is 12.6. The fraction of sp³-hybridized carbons (Fsp3) is 0.593. The Labute approximate surface area is 232 Å². The smallest absolute Gasteiger partial charge is 0.394 e. The van der Waals surface area contributed by atoms with E-state index in [2.05, 4.69) is 34.0 Å². The highest BCUT2D eigenvalue weighted by atomic mass is 32.2. The highest BCUT2D eigenvalue weighted by Gasteiger charge is 2.44. The average molecular weight is 585 g/mol. The van der Waals surface area contributed by atoms with Crippen molar-refractivity contribution in [1.29, 1.82) is 0 Å². The second kappa shape index (κ2) is 12.1.